The second-order valence-electron chi connectivity index (χ2n) is 5.54. The van der Waals surface area contributed by atoms with E-state index in [0.29, 0.717) is 22.8 Å². The Kier molecular flexibility index (Phi) is 3.31. The van der Waals surface area contributed by atoms with Gasteiger partial charge in [-0.3, -0.25) is 10.1 Å². The van der Waals surface area contributed by atoms with Crippen LogP contribution in [0, 0.1) is 22.0 Å². The second-order valence-corrected chi connectivity index (χ2v) is 5.92. The highest BCUT2D eigenvalue weighted by atomic mass is 35.5. The molecule has 2 heterocycles. The molecule has 1 aliphatic carbocycles. The standard InChI is InChI=1S/C13H16ClN3O2/c14-12-5-4-11(17(18)19)13(15-12)16-7-9-2-1-3-10(6-9)8-16/h4-5,9-10H,1-3,6-8H2. The molecule has 6 heteroatoms. The van der Waals surface area contributed by atoms with Crippen LogP contribution in [-0.4, -0.2) is 23.0 Å². The SMILES string of the molecule is O=[N+]([O-])c1ccc(Cl)nc1N1CC2CCCC(C2)C1. The Morgan fingerprint density at radius 1 is 1.32 bits per heavy atom. The Morgan fingerprint density at radius 3 is 2.63 bits per heavy atom. The van der Waals surface area contributed by atoms with Crippen molar-refractivity contribution in [1.82, 2.24) is 4.98 Å². The molecule has 1 saturated carbocycles. The molecule has 0 radical (unpaired) electrons. The first-order valence-electron chi connectivity index (χ1n) is 6.69. The van der Waals surface area contributed by atoms with Crippen molar-refractivity contribution < 1.29 is 4.92 Å². The van der Waals surface area contributed by atoms with E-state index in [1.54, 1.807) is 0 Å². The van der Waals surface area contributed by atoms with Gasteiger partial charge in [-0.25, -0.2) is 4.98 Å². The summed E-state index contributed by atoms with van der Waals surface area (Å²) in [6.45, 7) is 1.73. The van der Waals surface area contributed by atoms with Crippen molar-refractivity contribution in [3.63, 3.8) is 0 Å². The molecule has 0 N–H and O–H groups in total. The lowest BCUT2D eigenvalue weighted by atomic mass is 9.78. The summed E-state index contributed by atoms with van der Waals surface area (Å²) in [6.07, 6.45) is 4.99. The maximum absolute atomic E-state index is 11.1. The molecule has 2 unspecified atom stereocenters. The fourth-order valence-electron chi connectivity index (χ4n) is 3.40. The molecule has 1 aliphatic heterocycles. The van der Waals surface area contributed by atoms with Crippen molar-refractivity contribution in [3.8, 4) is 0 Å². The molecule has 0 amide bonds. The van der Waals surface area contributed by atoms with Crippen molar-refractivity contribution in [2.24, 2.45) is 11.8 Å². The van der Waals surface area contributed by atoms with E-state index in [9.17, 15) is 10.1 Å². The van der Waals surface area contributed by atoms with Crippen LogP contribution in [-0.2, 0) is 0 Å². The van der Waals surface area contributed by atoms with E-state index in [1.165, 1.54) is 37.8 Å². The molecule has 2 aliphatic rings. The largest absolute Gasteiger partial charge is 0.350 e. The van der Waals surface area contributed by atoms with Crippen molar-refractivity contribution in [2.45, 2.75) is 25.7 Å². The predicted octanol–water partition coefficient (Wildman–Crippen LogP) is 3.27. The summed E-state index contributed by atoms with van der Waals surface area (Å²) in [5, 5.41) is 11.4. The molecule has 1 aromatic rings. The van der Waals surface area contributed by atoms with E-state index >= 15 is 0 Å². The summed E-state index contributed by atoms with van der Waals surface area (Å²) in [5.74, 6) is 1.73. The number of piperidine rings is 1. The first-order chi connectivity index (χ1) is 9.13. The molecular formula is C13H16ClN3O2. The van der Waals surface area contributed by atoms with Crippen LogP contribution in [0.2, 0.25) is 5.15 Å². The van der Waals surface area contributed by atoms with Crippen molar-refractivity contribution in [2.75, 3.05) is 18.0 Å². The highest BCUT2D eigenvalue weighted by Gasteiger charge is 2.33. The normalized spacial score (nSPS) is 26.3. The summed E-state index contributed by atoms with van der Waals surface area (Å²) in [4.78, 5) is 17.0. The summed E-state index contributed by atoms with van der Waals surface area (Å²) in [7, 11) is 0. The van der Waals surface area contributed by atoms with E-state index in [1.807, 2.05) is 0 Å². The Morgan fingerprint density at radius 2 is 2.00 bits per heavy atom. The van der Waals surface area contributed by atoms with Crippen LogP contribution in [0.1, 0.15) is 25.7 Å². The molecule has 0 aromatic carbocycles. The van der Waals surface area contributed by atoms with E-state index in [-0.39, 0.29) is 10.6 Å². The van der Waals surface area contributed by atoms with Gasteiger partial charge < -0.3 is 4.90 Å². The Balaban J connectivity index is 1.92. The third-order valence-electron chi connectivity index (χ3n) is 4.17. The summed E-state index contributed by atoms with van der Waals surface area (Å²) >= 11 is 5.90. The van der Waals surface area contributed by atoms with Crippen molar-refractivity contribution >= 4 is 23.1 Å². The zero-order chi connectivity index (χ0) is 13.4. The fraction of sp³-hybridized carbons (Fsp3) is 0.615. The van der Waals surface area contributed by atoms with Gasteiger partial charge in [0.05, 0.1) is 4.92 Å². The van der Waals surface area contributed by atoms with Gasteiger partial charge in [-0.05, 0) is 37.2 Å². The number of hydrogen-bond acceptors (Lipinski definition) is 4. The van der Waals surface area contributed by atoms with Crippen molar-refractivity contribution in [1.29, 1.82) is 0 Å². The van der Waals surface area contributed by atoms with Crippen LogP contribution >= 0.6 is 11.6 Å². The molecule has 19 heavy (non-hydrogen) atoms. The number of halogens is 1. The molecule has 2 fully saturated rings. The van der Waals surface area contributed by atoms with E-state index in [2.05, 4.69) is 9.88 Å². The molecule has 3 rings (SSSR count). The summed E-state index contributed by atoms with van der Waals surface area (Å²) < 4.78 is 0. The zero-order valence-corrected chi connectivity index (χ0v) is 11.3. The minimum atomic E-state index is -0.372. The Labute approximate surface area is 116 Å². The molecule has 1 aromatic heterocycles. The quantitative estimate of drug-likeness (QED) is 0.474. The van der Waals surface area contributed by atoms with Gasteiger partial charge in [-0.1, -0.05) is 18.0 Å². The van der Waals surface area contributed by atoms with Crippen LogP contribution in [0.25, 0.3) is 0 Å². The Bertz CT molecular complexity index is 497. The highest BCUT2D eigenvalue weighted by molar-refractivity contribution is 6.29. The molecule has 1 saturated heterocycles. The van der Waals surface area contributed by atoms with Crippen molar-refractivity contribution in [3.05, 3.63) is 27.4 Å². The van der Waals surface area contributed by atoms with Crippen LogP contribution in [0.5, 0.6) is 0 Å². The number of pyridine rings is 1. The number of rotatable bonds is 2. The number of fused-ring (bicyclic) bond motifs is 2. The van der Waals surface area contributed by atoms with Crippen LogP contribution < -0.4 is 4.90 Å². The van der Waals surface area contributed by atoms with Gasteiger partial charge in [0.25, 0.3) is 0 Å². The van der Waals surface area contributed by atoms with Gasteiger partial charge in [0.1, 0.15) is 5.15 Å². The third-order valence-corrected chi connectivity index (χ3v) is 4.38. The third kappa shape index (κ3) is 2.52. The van der Waals surface area contributed by atoms with E-state index in [4.69, 9.17) is 11.6 Å². The summed E-state index contributed by atoms with van der Waals surface area (Å²) in [6, 6.07) is 2.93. The number of nitrogens with zero attached hydrogens (tertiary/aromatic N) is 3. The number of anilines is 1. The van der Waals surface area contributed by atoms with Gasteiger partial charge in [0, 0.05) is 19.2 Å². The van der Waals surface area contributed by atoms with Gasteiger partial charge in [0.15, 0.2) is 0 Å². The van der Waals surface area contributed by atoms with Crippen LogP contribution in [0.3, 0.4) is 0 Å². The highest BCUT2D eigenvalue weighted by Crippen LogP contribution is 2.38. The lowest BCUT2D eigenvalue weighted by Gasteiger charge is -2.41. The molecule has 102 valence electrons. The lowest BCUT2D eigenvalue weighted by Crippen LogP contribution is -2.43. The molecule has 0 spiro atoms. The predicted molar refractivity (Wildman–Crippen MR) is 73.6 cm³/mol. The fourth-order valence-corrected chi connectivity index (χ4v) is 3.54. The van der Waals surface area contributed by atoms with Crippen LogP contribution in [0.4, 0.5) is 11.5 Å². The average Bonchev–Trinajstić information content (AvgIpc) is 2.37. The van der Waals surface area contributed by atoms with Gasteiger partial charge in [-0.15, -0.1) is 0 Å². The van der Waals surface area contributed by atoms with Gasteiger partial charge in [-0.2, -0.15) is 0 Å². The van der Waals surface area contributed by atoms with Gasteiger partial charge >= 0.3 is 5.69 Å². The first-order valence-corrected chi connectivity index (χ1v) is 7.07. The van der Waals surface area contributed by atoms with E-state index < -0.39 is 0 Å². The lowest BCUT2D eigenvalue weighted by molar-refractivity contribution is -0.384. The number of nitro groups is 1. The summed E-state index contributed by atoms with van der Waals surface area (Å²) in [5.41, 5.74) is 0.0596. The number of aromatic nitrogens is 1. The minimum Gasteiger partial charge on any atom is -0.350 e. The van der Waals surface area contributed by atoms with E-state index in [0.717, 1.165) is 13.1 Å². The average molecular weight is 282 g/mol. The minimum absolute atomic E-state index is 0.0596. The molecule has 2 bridgehead atoms. The number of hydrogen-bond donors (Lipinski definition) is 0. The maximum atomic E-state index is 11.1. The van der Waals surface area contributed by atoms with Crippen LogP contribution in [0.15, 0.2) is 12.1 Å². The second kappa shape index (κ2) is 4.96. The zero-order valence-electron chi connectivity index (χ0n) is 10.6. The maximum Gasteiger partial charge on any atom is 0.311 e. The Hall–Kier alpha value is -1.36. The molecular weight excluding hydrogens is 266 g/mol. The molecule has 5 nitrogen and oxygen atoms in total. The smallest absolute Gasteiger partial charge is 0.311 e. The first kappa shape index (κ1) is 12.7. The van der Waals surface area contributed by atoms with Gasteiger partial charge in [0.2, 0.25) is 5.82 Å². The monoisotopic (exact) mass is 281 g/mol. The molecule has 2 atom stereocenters. The topological polar surface area (TPSA) is 59.3 Å².